The van der Waals surface area contributed by atoms with Gasteiger partial charge >= 0.3 is 6.18 Å². The lowest BCUT2D eigenvalue weighted by Gasteiger charge is -2.18. The van der Waals surface area contributed by atoms with Crippen LogP contribution in [-0.2, 0) is 11.0 Å². The topological polar surface area (TPSA) is 62.4 Å². The minimum atomic E-state index is -4.65. The third kappa shape index (κ3) is 7.52. The molecule has 0 aliphatic rings. The second-order valence-corrected chi connectivity index (χ2v) is 9.62. The van der Waals surface area contributed by atoms with Gasteiger partial charge in [0.15, 0.2) is 5.11 Å². The number of rotatable bonds is 8. The smallest absolute Gasteiger partial charge is 0.418 e. The van der Waals surface area contributed by atoms with E-state index in [1.807, 2.05) is 30.3 Å². The molecule has 5 nitrogen and oxygen atoms in total. The monoisotopic (exact) mass is 553 g/mol. The molecule has 0 aliphatic heterocycles. The van der Waals surface area contributed by atoms with Crippen molar-refractivity contribution in [2.24, 2.45) is 0 Å². The molecule has 0 aromatic heterocycles. The summed E-state index contributed by atoms with van der Waals surface area (Å²) in [4.78, 5) is 13.6. The van der Waals surface area contributed by atoms with Crippen LogP contribution in [0.4, 0.5) is 30.2 Å². The first-order chi connectivity index (χ1) is 17.1. The van der Waals surface area contributed by atoms with E-state index in [-0.39, 0.29) is 10.7 Å². The Hall–Kier alpha value is -2.95. The predicted molar refractivity (Wildman–Crippen MR) is 144 cm³/mol. The molecule has 3 aromatic rings. The summed E-state index contributed by atoms with van der Waals surface area (Å²) < 4.78 is 45.5. The van der Waals surface area contributed by atoms with Crippen molar-refractivity contribution in [3.05, 3.63) is 77.3 Å². The molecule has 11 heteroatoms. The molecule has 0 saturated carbocycles. The fourth-order valence-electron chi connectivity index (χ4n) is 3.24. The zero-order chi connectivity index (χ0) is 26.3. The number of thioether (sulfide) groups is 1. The van der Waals surface area contributed by atoms with Crippen molar-refractivity contribution in [3.63, 3.8) is 0 Å². The fraction of sp³-hybridized carbons (Fsp3) is 0.200. The highest BCUT2D eigenvalue weighted by Crippen LogP contribution is 2.37. The van der Waals surface area contributed by atoms with E-state index in [1.165, 1.54) is 17.8 Å². The van der Waals surface area contributed by atoms with Gasteiger partial charge in [0, 0.05) is 15.6 Å². The number of ether oxygens (including phenoxy) is 1. The number of nitrogens with one attached hydrogen (secondary N) is 3. The molecule has 0 aliphatic carbocycles. The van der Waals surface area contributed by atoms with Crippen LogP contribution < -0.4 is 20.7 Å². The van der Waals surface area contributed by atoms with Crippen LogP contribution in [-0.4, -0.2) is 23.4 Å². The Kier molecular flexibility index (Phi) is 9.47. The van der Waals surface area contributed by atoms with Crippen LogP contribution in [0.5, 0.6) is 5.75 Å². The highest BCUT2D eigenvalue weighted by atomic mass is 35.5. The second kappa shape index (κ2) is 12.3. The van der Waals surface area contributed by atoms with Gasteiger partial charge in [-0.3, -0.25) is 4.79 Å². The number of carbonyl (C=O) groups is 1. The highest BCUT2D eigenvalue weighted by Gasteiger charge is 2.34. The Bertz CT molecular complexity index is 1240. The van der Waals surface area contributed by atoms with Gasteiger partial charge in [-0.1, -0.05) is 36.7 Å². The Labute approximate surface area is 221 Å². The van der Waals surface area contributed by atoms with Gasteiger partial charge in [0.05, 0.1) is 29.3 Å². The summed E-state index contributed by atoms with van der Waals surface area (Å²) in [5.74, 6) is 0.0965. The molecular weight excluding hydrogens is 531 g/mol. The third-order valence-electron chi connectivity index (χ3n) is 4.93. The first kappa shape index (κ1) is 27.6. The van der Waals surface area contributed by atoms with E-state index in [1.54, 1.807) is 32.2 Å². The summed E-state index contributed by atoms with van der Waals surface area (Å²) in [6.45, 7) is 1.79. The number of thiocarbonyl (C=S) groups is 1. The van der Waals surface area contributed by atoms with Gasteiger partial charge in [-0.05, 0) is 67.2 Å². The molecule has 0 bridgehead atoms. The zero-order valence-electron chi connectivity index (χ0n) is 19.3. The van der Waals surface area contributed by atoms with Gasteiger partial charge in [-0.15, -0.1) is 11.8 Å². The van der Waals surface area contributed by atoms with Crippen molar-refractivity contribution < 1.29 is 22.7 Å². The standard InChI is InChI=1S/C25H23ClF3N3O2S2/c1-3-22(23(33)31-19-12-11-15(26)13-18(19)25(27,28)29)36-17-8-6-7-16(14-17)30-24(35)32-20-9-4-5-10-21(20)34-2/h4-14,22H,3H2,1-2H3,(H,31,33)(H2,30,32,35). The zero-order valence-corrected chi connectivity index (χ0v) is 21.7. The number of carbonyl (C=O) groups excluding carboxylic acids is 1. The maximum atomic E-state index is 13.4. The molecule has 0 radical (unpaired) electrons. The normalized spacial score (nSPS) is 11.9. The molecule has 0 saturated heterocycles. The molecule has 3 rings (SSSR count). The van der Waals surface area contributed by atoms with Gasteiger partial charge in [0.2, 0.25) is 5.91 Å². The first-order valence-electron chi connectivity index (χ1n) is 10.8. The van der Waals surface area contributed by atoms with Crippen LogP contribution in [0, 0.1) is 0 Å². The molecule has 0 heterocycles. The van der Waals surface area contributed by atoms with Crippen LogP contribution in [0.2, 0.25) is 5.02 Å². The van der Waals surface area contributed by atoms with Crippen molar-refractivity contribution in [2.75, 3.05) is 23.1 Å². The number of alkyl halides is 3. The molecule has 1 amide bonds. The lowest BCUT2D eigenvalue weighted by atomic mass is 10.1. The number of methoxy groups -OCH3 is 1. The maximum Gasteiger partial charge on any atom is 0.418 e. The van der Waals surface area contributed by atoms with Gasteiger partial charge in [-0.2, -0.15) is 13.2 Å². The van der Waals surface area contributed by atoms with Crippen molar-refractivity contribution in [1.29, 1.82) is 0 Å². The Morgan fingerprint density at radius 3 is 2.47 bits per heavy atom. The minimum absolute atomic E-state index is 0.0656. The molecule has 1 atom stereocenters. The molecule has 0 spiro atoms. The van der Waals surface area contributed by atoms with Gasteiger partial charge in [0.25, 0.3) is 0 Å². The molecule has 3 N–H and O–H groups in total. The maximum absolute atomic E-state index is 13.4. The number of hydrogen-bond acceptors (Lipinski definition) is 4. The number of halogens is 4. The molecule has 36 heavy (non-hydrogen) atoms. The summed E-state index contributed by atoms with van der Waals surface area (Å²) in [5.41, 5.74) is 0.0514. The Morgan fingerprint density at radius 2 is 1.78 bits per heavy atom. The summed E-state index contributed by atoms with van der Waals surface area (Å²) in [5, 5.41) is 8.21. The number of amides is 1. The molecule has 1 unspecified atom stereocenters. The van der Waals surface area contributed by atoms with E-state index in [9.17, 15) is 18.0 Å². The van der Waals surface area contributed by atoms with E-state index in [2.05, 4.69) is 16.0 Å². The predicted octanol–water partition coefficient (Wildman–Crippen LogP) is 7.69. The van der Waals surface area contributed by atoms with Crippen molar-refractivity contribution in [1.82, 2.24) is 0 Å². The van der Waals surface area contributed by atoms with Crippen LogP contribution in [0.3, 0.4) is 0 Å². The van der Waals surface area contributed by atoms with Gasteiger partial charge in [0.1, 0.15) is 5.75 Å². The third-order valence-corrected chi connectivity index (χ3v) is 6.73. The number of para-hydroxylation sites is 2. The summed E-state index contributed by atoms with van der Waals surface area (Å²) >= 11 is 12.4. The minimum Gasteiger partial charge on any atom is -0.495 e. The van der Waals surface area contributed by atoms with E-state index in [0.717, 1.165) is 17.0 Å². The lowest BCUT2D eigenvalue weighted by molar-refractivity contribution is -0.137. The number of hydrogen-bond donors (Lipinski definition) is 3. The van der Waals surface area contributed by atoms with E-state index in [0.29, 0.717) is 28.7 Å². The molecule has 3 aromatic carbocycles. The SMILES string of the molecule is CCC(Sc1cccc(NC(=S)Nc2ccccc2OC)c1)C(=O)Nc1ccc(Cl)cc1C(F)(F)F. The highest BCUT2D eigenvalue weighted by molar-refractivity contribution is 8.00. The lowest BCUT2D eigenvalue weighted by Crippen LogP contribution is -2.26. The quantitative estimate of drug-likeness (QED) is 0.196. The summed E-state index contributed by atoms with van der Waals surface area (Å²) in [6.07, 6.45) is -4.25. The van der Waals surface area contributed by atoms with Gasteiger partial charge in [-0.25, -0.2) is 0 Å². The van der Waals surface area contributed by atoms with E-state index >= 15 is 0 Å². The number of benzene rings is 3. The average molecular weight is 554 g/mol. The van der Waals surface area contributed by atoms with Crippen molar-refractivity contribution >= 4 is 63.7 Å². The largest absolute Gasteiger partial charge is 0.495 e. The van der Waals surface area contributed by atoms with E-state index < -0.39 is 22.9 Å². The molecular formula is C25H23ClF3N3O2S2. The van der Waals surface area contributed by atoms with Crippen molar-refractivity contribution in [3.8, 4) is 5.75 Å². The molecule has 190 valence electrons. The summed E-state index contributed by atoms with van der Waals surface area (Å²) in [6, 6.07) is 17.8. The van der Waals surface area contributed by atoms with E-state index in [4.69, 9.17) is 28.6 Å². The fourth-order valence-corrected chi connectivity index (χ4v) is 4.65. The van der Waals surface area contributed by atoms with Crippen LogP contribution in [0.1, 0.15) is 18.9 Å². The van der Waals surface area contributed by atoms with Crippen LogP contribution in [0.25, 0.3) is 0 Å². The number of anilines is 3. The Morgan fingerprint density at radius 1 is 1.03 bits per heavy atom. The average Bonchev–Trinajstić information content (AvgIpc) is 2.83. The van der Waals surface area contributed by atoms with Crippen molar-refractivity contribution in [2.45, 2.75) is 29.7 Å². The van der Waals surface area contributed by atoms with Gasteiger partial charge < -0.3 is 20.7 Å². The first-order valence-corrected chi connectivity index (χ1v) is 12.4. The van der Waals surface area contributed by atoms with Crippen LogP contribution in [0.15, 0.2) is 71.6 Å². The van der Waals surface area contributed by atoms with Crippen LogP contribution >= 0.6 is 35.6 Å². The summed E-state index contributed by atoms with van der Waals surface area (Å²) in [7, 11) is 1.56. The second-order valence-electron chi connectivity index (χ2n) is 7.50. The Balaban J connectivity index is 1.68. The molecule has 0 fully saturated rings.